The SMILES string of the molecule is C=N/C=C\N=C(C)N(C)c1ccc(C(=O)NCCCCCCC(=O)NO)cc1. The van der Waals surface area contributed by atoms with E-state index in [4.69, 9.17) is 5.21 Å². The molecule has 0 aliphatic carbocycles. The summed E-state index contributed by atoms with van der Waals surface area (Å²) in [7, 11) is 1.90. The molecule has 1 aromatic rings. The van der Waals surface area contributed by atoms with Crippen LogP contribution in [0.1, 0.15) is 49.4 Å². The Morgan fingerprint density at radius 1 is 1.14 bits per heavy atom. The van der Waals surface area contributed by atoms with E-state index < -0.39 is 0 Å². The van der Waals surface area contributed by atoms with Gasteiger partial charge in [-0.05, 0) is 50.7 Å². The smallest absolute Gasteiger partial charge is 0.251 e. The Labute approximate surface area is 166 Å². The quantitative estimate of drug-likeness (QED) is 0.178. The molecule has 3 N–H and O–H groups in total. The molecule has 0 heterocycles. The van der Waals surface area contributed by atoms with Gasteiger partial charge in [0.05, 0.1) is 0 Å². The summed E-state index contributed by atoms with van der Waals surface area (Å²) in [6.07, 6.45) is 6.75. The lowest BCUT2D eigenvalue weighted by atomic mass is 10.1. The van der Waals surface area contributed by atoms with Gasteiger partial charge in [-0.15, -0.1) is 0 Å². The lowest BCUT2D eigenvalue weighted by Crippen LogP contribution is -2.25. The number of amidine groups is 1. The van der Waals surface area contributed by atoms with Crippen LogP contribution in [0.4, 0.5) is 5.69 Å². The summed E-state index contributed by atoms with van der Waals surface area (Å²) in [4.78, 5) is 32.8. The minimum absolute atomic E-state index is 0.112. The summed E-state index contributed by atoms with van der Waals surface area (Å²) in [6, 6.07) is 7.30. The van der Waals surface area contributed by atoms with Crippen molar-refractivity contribution in [2.75, 3.05) is 18.5 Å². The highest BCUT2D eigenvalue weighted by Gasteiger charge is 2.08. The first kappa shape index (κ1) is 23.0. The van der Waals surface area contributed by atoms with E-state index in [1.165, 1.54) is 6.20 Å². The molecule has 1 aromatic carbocycles. The molecule has 0 bridgehead atoms. The van der Waals surface area contributed by atoms with Crippen LogP contribution in [0.2, 0.25) is 0 Å². The fraction of sp³-hybridized carbons (Fsp3) is 0.400. The van der Waals surface area contributed by atoms with E-state index in [0.717, 1.165) is 37.2 Å². The molecule has 2 amide bonds. The van der Waals surface area contributed by atoms with Crippen molar-refractivity contribution in [3.63, 3.8) is 0 Å². The molecular weight excluding hydrogens is 358 g/mol. The standard InChI is InChI=1S/C20H29N5O3/c1-16(22-15-14-21-2)25(3)18-11-9-17(10-12-18)20(27)23-13-7-5-4-6-8-19(26)24-28/h9-12,14-15,28H,2,4-8,13H2,1,3H3,(H,23,27)(H,24,26)/b15-14-,22-16?. The maximum atomic E-state index is 12.2. The number of hydroxylamine groups is 1. The molecule has 0 atom stereocenters. The molecule has 0 unspecified atom stereocenters. The highest BCUT2D eigenvalue weighted by atomic mass is 16.5. The Kier molecular flexibility index (Phi) is 10.9. The van der Waals surface area contributed by atoms with Crippen LogP contribution >= 0.6 is 0 Å². The molecule has 152 valence electrons. The molecule has 0 aliphatic heterocycles. The zero-order chi connectivity index (χ0) is 20.8. The van der Waals surface area contributed by atoms with Crippen molar-refractivity contribution in [2.24, 2.45) is 9.98 Å². The van der Waals surface area contributed by atoms with Gasteiger partial charge in [0.2, 0.25) is 5.91 Å². The molecular formula is C20H29N5O3. The van der Waals surface area contributed by atoms with Gasteiger partial charge >= 0.3 is 0 Å². The van der Waals surface area contributed by atoms with Crippen LogP contribution in [0, 0.1) is 0 Å². The van der Waals surface area contributed by atoms with Gasteiger partial charge in [0, 0.05) is 43.7 Å². The summed E-state index contributed by atoms with van der Waals surface area (Å²) in [5, 5.41) is 11.3. The van der Waals surface area contributed by atoms with Crippen molar-refractivity contribution in [2.45, 2.75) is 39.0 Å². The number of carbonyl (C=O) groups is 2. The van der Waals surface area contributed by atoms with Gasteiger partial charge in [0.25, 0.3) is 5.91 Å². The number of nitrogens with one attached hydrogen (secondary N) is 2. The molecule has 8 nitrogen and oxygen atoms in total. The summed E-state index contributed by atoms with van der Waals surface area (Å²) >= 11 is 0. The number of hydrogen-bond acceptors (Lipinski definition) is 5. The van der Waals surface area contributed by atoms with Gasteiger partial charge in [-0.1, -0.05) is 12.8 Å². The van der Waals surface area contributed by atoms with Crippen molar-refractivity contribution in [1.82, 2.24) is 10.8 Å². The molecule has 0 aliphatic rings. The van der Waals surface area contributed by atoms with Crippen LogP contribution in [-0.2, 0) is 4.79 Å². The molecule has 1 rings (SSSR count). The molecule has 0 fully saturated rings. The number of amides is 2. The maximum Gasteiger partial charge on any atom is 0.251 e. The van der Waals surface area contributed by atoms with E-state index in [1.807, 2.05) is 31.0 Å². The second-order valence-electron chi connectivity index (χ2n) is 6.22. The van der Waals surface area contributed by atoms with Crippen LogP contribution in [0.5, 0.6) is 0 Å². The van der Waals surface area contributed by atoms with Crippen molar-refractivity contribution < 1.29 is 14.8 Å². The van der Waals surface area contributed by atoms with Crippen molar-refractivity contribution in [3.05, 3.63) is 42.2 Å². The Bertz CT molecular complexity index is 698. The lowest BCUT2D eigenvalue weighted by Gasteiger charge is -2.18. The summed E-state index contributed by atoms with van der Waals surface area (Å²) < 4.78 is 0. The molecule has 0 aromatic heterocycles. The second-order valence-corrected chi connectivity index (χ2v) is 6.22. The van der Waals surface area contributed by atoms with Crippen LogP contribution in [0.15, 0.2) is 46.7 Å². The van der Waals surface area contributed by atoms with Crippen molar-refractivity contribution in [3.8, 4) is 0 Å². The fourth-order valence-electron chi connectivity index (χ4n) is 2.42. The Morgan fingerprint density at radius 2 is 1.82 bits per heavy atom. The minimum atomic E-state index is -0.367. The van der Waals surface area contributed by atoms with Gasteiger partial charge in [0.1, 0.15) is 5.84 Å². The van der Waals surface area contributed by atoms with Crippen molar-refractivity contribution >= 4 is 30.1 Å². The molecule has 0 saturated carbocycles. The summed E-state index contributed by atoms with van der Waals surface area (Å²) in [5.74, 6) is 0.307. The normalized spacial score (nSPS) is 11.3. The third-order valence-electron chi connectivity index (χ3n) is 4.18. The number of anilines is 1. The van der Waals surface area contributed by atoms with Gasteiger partial charge in [-0.3, -0.25) is 19.8 Å². The third kappa shape index (κ3) is 8.59. The predicted octanol–water partition coefficient (Wildman–Crippen LogP) is 2.90. The average molecular weight is 387 g/mol. The Balaban J connectivity index is 2.39. The van der Waals surface area contributed by atoms with Crippen LogP contribution in [0.25, 0.3) is 0 Å². The zero-order valence-corrected chi connectivity index (χ0v) is 16.5. The van der Waals surface area contributed by atoms with E-state index in [0.29, 0.717) is 18.5 Å². The summed E-state index contributed by atoms with van der Waals surface area (Å²) in [5.41, 5.74) is 3.13. The first-order valence-electron chi connectivity index (χ1n) is 9.19. The van der Waals surface area contributed by atoms with E-state index in [-0.39, 0.29) is 11.8 Å². The number of rotatable bonds is 11. The monoisotopic (exact) mass is 387 g/mol. The topological polar surface area (TPSA) is 106 Å². The first-order valence-corrected chi connectivity index (χ1v) is 9.19. The highest BCUT2D eigenvalue weighted by Crippen LogP contribution is 2.14. The maximum absolute atomic E-state index is 12.2. The van der Waals surface area contributed by atoms with E-state index in [9.17, 15) is 9.59 Å². The number of aliphatic imine (C=N–C) groups is 2. The highest BCUT2D eigenvalue weighted by molar-refractivity contribution is 5.97. The lowest BCUT2D eigenvalue weighted by molar-refractivity contribution is -0.129. The second kappa shape index (κ2) is 13.2. The van der Waals surface area contributed by atoms with Gasteiger partial charge in [0.15, 0.2) is 0 Å². The van der Waals surface area contributed by atoms with Crippen LogP contribution in [-0.4, -0.2) is 43.2 Å². The van der Waals surface area contributed by atoms with Crippen molar-refractivity contribution in [1.29, 1.82) is 0 Å². The number of nitrogens with zero attached hydrogens (tertiary/aromatic N) is 3. The average Bonchev–Trinajstić information content (AvgIpc) is 2.72. The molecule has 0 spiro atoms. The van der Waals surface area contributed by atoms with Gasteiger partial charge < -0.3 is 10.2 Å². The van der Waals surface area contributed by atoms with E-state index in [1.54, 1.807) is 23.8 Å². The number of hydrogen-bond donors (Lipinski definition) is 3. The van der Waals surface area contributed by atoms with Gasteiger partial charge in [-0.2, -0.15) is 0 Å². The van der Waals surface area contributed by atoms with Crippen LogP contribution in [0.3, 0.4) is 0 Å². The van der Waals surface area contributed by atoms with E-state index >= 15 is 0 Å². The molecule has 28 heavy (non-hydrogen) atoms. The molecule has 8 heteroatoms. The van der Waals surface area contributed by atoms with Crippen LogP contribution < -0.4 is 15.7 Å². The molecule has 0 radical (unpaired) electrons. The number of carbonyl (C=O) groups excluding carboxylic acids is 2. The predicted molar refractivity (Wildman–Crippen MR) is 112 cm³/mol. The van der Waals surface area contributed by atoms with Gasteiger partial charge in [-0.25, -0.2) is 10.5 Å². The fourth-order valence-corrected chi connectivity index (χ4v) is 2.42. The first-order chi connectivity index (χ1) is 13.5. The summed E-state index contributed by atoms with van der Waals surface area (Å²) in [6.45, 7) is 5.82. The minimum Gasteiger partial charge on any atom is -0.352 e. The Morgan fingerprint density at radius 3 is 2.46 bits per heavy atom. The van der Waals surface area contributed by atoms with E-state index in [2.05, 4.69) is 22.0 Å². The number of unbranched alkanes of at least 4 members (excludes halogenated alkanes) is 3. The molecule has 0 saturated heterocycles. The Hall–Kier alpha value is -3.00. The third-order valence-corrected chi connectivity index (χ3v) is 4.18. The zero-order valence-electron chi connectivity index (χ0n) is 16.5. The largest absolute Gasteiger partial charge is 0.352 e. The number of benzene rings is 1.